The molecule has 1 aromatic carbocycles. The Balaban J connectivity index is 1.30. The topological polar surface area (TPSA) is 81.1 Å². The zero-order valence-corrected chi connectivity index (χ0v) is 18.9. The molecule has 34 heavy (non-hydrogen) atoms. The zero-order valence-electron chi connectivity index (χ0n) is 18.1. The maximum absolute atomic E-state index is 13.4. The molecule has 3 heterocycles. The fraction of sp³-hybridized carbons (Fsp3) is 0.435. The minimum Gasteiger partial charge on any atom is -0.382 e. The molecule has 1 saturated carbocycles. The highest BCUT2D eigenvalue weighted by Crippen LogP contribution is 2.35. The minimum absolute atomic E-state index is 0.104. The summed E-state index contributed by atoms with van der Waals surface area (Å²) in [5.41, 5.74) is 0.0722. The highest BCUT2D eigenvalue weighted by molar-refractivity contribution is 6.31. The fourth-order valence-corrected chi connectivity index (χ4v) is 4.61. The van der Waals surface area contributed by atoms with Crippen LogP contribution in [0, 0.1) is 0 Å². The normalized spacial score (nSPS) is 21.3. The van der Waals surface area contributed by atoms with Crippen LogP contribution in [0.25, 0.3) is 10.9 Å². The summed E-state index contributed by atoms with van der Waals surface area (Å²) in [5, 5.41) is 11.5. The fourth-order valence-electron chi connectivity index (χ4n) is 4.43. The molecule has 0 bridgehead atoms. The molecule has 11 heteroatoms. The van der Waals surface area contributed by atoms with Crippen molar-refractivity contribution >= 4 is 34.1 Å². The van der Waals surface area contributed by atoms with Gasteiger partial charge >= 0.3 is 6.18 Å². The van der Waals surface area contributed by atoms with E-state index >= 15 is 0 Å². The number of carbonyl (C=O) groups excluding carboxylic acids is 1. The van der Waals surface area contributed by atoms with E-state index in [9.17, 15) is 18.0 Å². The molecule has 1 amide bonds. The van der Waals surface area contributed by atoms with Crippen LogP contribution in [0.15, 0.2) is 36.7 Å². The Kier molecular flexibility index (Phi) is 6.11. The second kappa shape index (κ2) is 9.07. The lowest BCUT2D eigenvalue weighted by molar-refractivity contribution is -0.140. The molecule has 2 N–H and O–H groups in total. The van der Waals surface area contributed by atoms with Crippen LogP contribution in [0.4, 0.5) is 18.9 Å². The van der Waals surface area contributed by atoms with E-state index in [0.717, 1.165) is 25.3 Å². The monoisotopic (exact) mass is 493 g/mol. The predicted molar refractivity (Wildman–Crippen MR) is 121 cm³/mol. The lowest BCUT2D eigenvalue weighted by Gasteiger charge is -2.31. The smallest absolute Gasteiger partial charge is 0.382 e. The van der Waals surface area contributed by atoms with Gasteiger partial charge in [0.05, 0.1) is 36.5 Å². The average Bonchev–Trinajstić information content (AvgIpc) is 3.22. The van der Waals surface area contributed by atoms with Gasteiger partial charge in [-0.3, -0.25) is 9.48 Å². The molecule has 1 aliphatic heterocycles. The van der Waals surface area contributed by atoms with E-state index in [1.807, 2.05) is 0 Å². The van der Waals surface area contributed by atoms with Crippen LogP contribution in [-0.4, -0.2) is 46.0 Å². The first kappa shape index (κ1) is 22.9. The summed E-state index contributed by atoms with van der Waals surface area (Å²) in [6.45, 7) is 1.17. The number of alkyl halides is 3. The van der Waals surface area contributed by atoms with Crippen molar-refractivity contribution in [3.8, 4) is 0 Å². The van der Waals surface area contributed by atoms with Gasteiger partial charge in [-0.2, -0.15) is 18.3 Å². The number of hydrogen-bond acceptors (Lipinski definition) is 5. The molecule has 1 aliphatic carbocycles. The number of halogens is 4. The molecular formula is C23H23ClF3N5O2. The standard InChI is InChI=1S/C23H23ClF3N5O2/c24-14-4-5-19-18(6-14)20(8-21(31-19)23(25,26)27)29-15-2-1-3-16(7-15)30-22(33)13-9-28-32(10-13)17-11-34-12-17/h4-6,8-10,15-17H,1-3,7,11-12H2,(H,29,31)(H,30,33)/t15-,16+/m0/s1. The number of hydrogen-bond donors (Lipinski definition) is 2. The molecule has 2 atom stereocenters. The zero-order chi connectivity index (χ0) is 23.9. The van der Waals surface area contributed by atoms with Crippen LogP contribution >= 0.6 is 11.6 Å². The maximum atomic E-state index is 13.4. The van der Waals surface area contributed by atoms with Gasteiger partial charge in [-0.25, -0.2) is 4.98 Å². The minimum atomic E-state index is -4.57. The Morgan fingerprint density at radius 2 is 1.97 bits per heavy atom. The highest BCUT2D eigenvalue weighted by atomic mass is 35.5. The average molecular weight is 494 g/mol. The van der Waals surface area contributed by atoms with E-state index in [0.29, 0.717) is 41.3 Å². The molecule has 0 radical (unpaired) electrons. The van der Waals surface area contributed by atoms with Crippen LogP contribution in [0.2, 0.25) is 5.02 Å². The van der Waals surface area contributed by atoms with Crippen LogP contribution < -0.4 is 10.6 Å². The van der Waals surface area contributed by atoms with E-state index in [-0.39, 0.29) is 29.5 Å². The first-order valence-corrected chi connectivity index (χ1v) is 11.5. The largest absolute Gasteiger partial charge is 0.433 e. The van der Waals surface area contributed by atoms with Crippen LogP contribution in [0.3, 0.4) is 0 Å². The summed E-state index contributed by atoms with van der Waals surface area (Å²) in [6.07, 6.45) is 1.68. The third-order valence-corrected chi connectivity index (χ3v) is 6.52. The van der Waals surface area contributed by atoms with Crippen molar-refractivity contribution in [2.75, 3.05) is 18.5 Å². The van der Waals surface area contributed by atoms with E-state index in [1.165, 1.54) is 18.3 Å². The van der Waals surface area contributed by atoms with Gasteiger partial charge in [0.2, 0.25) is 0 Å². The Morgan fingerprint density at radius 3 is 2.71 bits per heavy atom. The number of rotatable bonds is 5. The van der Waals surface area contributed by atoms with Crippen molar-refractivity contribution in [3.63, 3.8) is 0 Å². The molecule has 2 aliphatic rings. The number of amides is 1. The SMILES string of the molecule is O=C(N[C@@H]1CCC[C@H](Nc2cc(C(F)(F)F)nc3ccc(Cl)cc23)C1)c1cnn(C2COC2)c1. The van der Waals surface area contributed by atoms with E-state index in [4.69, 9.17) is 16.3 Å². The molecule has 7 nitrogen and oxygen atoms in total. The number of fused-ring (bicyclic) bond motifs is 1. The van der Waals surface area contributed by atoms with E-state index in [2.05, 4.69) is 20.7 Å². The van der Waals surface area contributed by atoms with Gasteiger partial charge in [-0.1, -0.05) is 11.6 Å². The summed E-state index contributed by atoms with van der Waals surface area (Å²) < 4.78 is 47.2. The van der Waals surface area contributed by atoms with Crippen molar-refractivity contribution in [1.29, 1.82) is 0 Å². The molecule has 5 rings (SSSR count). The van der Waals surface area contributed by atoms with E-state index < -0.39 is 11.9 Å². The first-order valence-electron chi connectivity index (χ1n) is 11.1. The van der Waals surface area contributed by atoms with Crippen LogP contribution in [0.1, 0.15) is 47.8 Å². The van der Waals surface area contributed by atoms with Gasteiger partial charge < -0.3 is 15.4 Å². The molecule has 0 unspecified atom stereocenters. The molecule has 1 saturated heterocycles. The second-order valence-corrected chi connectivity index (χ2v) is 9.23. The van der Waals surface area contributed by atoms with Gasteiger partial charge in [0.15, 0.2) is 0 Å². The molecule has 2 aromatic heterocycles. The second-order valence-electron chi connectivity index (χ2n) is 8.79. The summed E-state index contributed by atoms with van der Waals surface area (Å²) in [4.78, 5) is 16.5. The number of carbonyl (C=O) groups is 1. The van der Waals surface area contributed by atoms with Crippen LogP contribution in [-0.2, 0) is 10.9 Å². The van der Waals surface area contributed by atoms with Gasteiger partial charge in [0, 0.05) is 34.4 Å². The Morgan fingerprint density at radius 1 is 1.18 bits per heavy atom. The highest BCUT2D eigenvalue weighted by Gasteiger charge is 2.34. The first-order chi connectivity index (χ1) is 16.3. The van der Waals surface area contributed by atoms with Gasteiger partial charge in [0.1, 0.15) is 5.69 Å². The molecule has 3 aromatic rings. The molecule has 180 valence electrons. The molecule has 0 spiro atoms. The van der Waals surface area contributed by atoms with Crippen molar-refractivity contribution in [2.24, 2.45) is 0 Å². The number of nitrogens with one attached hydrogen (secondary N) is 2. The van der Waals surface area contributed by atoms with Crippen molar-refractivity contribution < 1.29 is 22.7 Å². The van der Waals surface area contributed by atoms with Gasteiger partial charge in [-0.05, 0) is 49.9 Å². The molecule has 2 fully saturated rings. The lowest BCUT2D eigenvalue weighted by Crippen LogP contribution is -2.41. The summed E-state index contributed by atoms with van der Waals surface area (Å²) in [6, 6.07) is 5.59. The summed E-state index contributed by atoms with van der Waals surface area (Å²) in [5.74, 6) is -0.211. The third-order valence-electron chi connectivity index (χ3n) is 6.29. The van der Waals surface area contributed by atoms with Gasteiger partial charge in [0.25, 0.3) is 5.91 Å². The molecular weight excluding hydrogens is 471 g/mol. The number of nitrogens with zero attached hydrogens (tertiary/aromatic N) is 3. The third kappa shape index (κ3) is 4.83. The van der Waals surface area contributed by atoms with E-state index in [1.54, 1.807) is 16.9 Å². The summed E-state index contributed by atoms with van der Waals surface area (Å²) in [7, 11) is 0. The summed E-state index contributed by atoms with van der Waals surface area (Å²) >= 11 is 6.10. The van der Waals surface area contributed by atoms with Gasteiger partial charge in [-0.15, -0.1) is 0 Å². The number of pyridine rings is 1. The Bertz CT molecular complexity index is 1210. The number of ether oxygens (including phenoxy) is 1. The maximum Gasteiger partial charge on any atom is 0.433 e. The Hall–Kier alpha value is -2.85. The van der Waals surface area contributed by atoms with Crippen molar-refractivity contribution in [2.45, 2.75) is 50.0 Å². The predicted octanol–water partition coefficient (Wildman–Crippen LogP) is 4.83. The Labute approximate surface area is 198 Å². The quantitative estimate of drug-likeness (QED) is 0.532. The van der Waals surface area contributed by atoms with Crippen molar-refractivity contribution in [3.05, 3.63) is 52.9 Å². The number of benzene rings is 1. The number of anilines is 1. The van der Waals surface area contributed by atoms with Crippen LogP contribution in [0.5, 0.6) is 0 Å². The lowest BCUT2D eigenvalue weighted by atomic mass is 9.90. The number of aromatic nitrogens is 3. The van der Waals surface area contributed by atoms with Crippen molar-refractivity contribution in [1.82, 2.24) is 20.1 Å².